The lowest BCUT2D eigenvalue weighted by molar-refractivity contribution is 0.357. The number of halogens is 5. The number of nitrogens with zero attached hydrogens (tertiary/aromatic N) is 4. The fourth-order valence-corrected chi connectivity index (χ4v) is 4.52. The van der Waals surface area contributed by atoms with Gasteiger partial charge >= 0.3 is 0 Å². The number of pyridine rings is 1. The number of fused-ring (bicyclic) bond motifs is 3. The number of rotatable bonds is 3. The van der Waals surface area contributed by atoms with E-state index in [1.54, 1.807) is 18.7 Å². The molecule has 0 spiro atoms. The van der Waals surface area contributed by atoms with Gasteiger partial charge in [0, 0.05) is 25.7 Å². The third-order valence-electron chi connectivity index (χ3n) is 4.42. The van der Waals surface area contributed by atoms with E-state index < -0.39 is 44.0 Å². The van der Waals surface area contributed by atoms with Gasteiger partial charge in [-0.3, -0.25) is 0 Å². The van der Waals surface area contributed by atoms with Crippen molar-refractivity contribution in [1.82, 2.24) is 18.5 Å². The average molecular weight is 431 g/mol. The van der Waals surface area contributed by atoms with Crippen molar-refractivity contribution in [3.63, 3.8) is 0 Å². The highest BCUT2D eigenvalue weighted by molar-refractivity contribution is 7.90. The van der Waals surface area contributed by atoms with Gasteiger partial charge in [0.2, 0.25) is 11.8 Å². The van der Waals surface area contributed by atoms with Crippen LogP contribution in [0.5, 0.6) is 0 Å². The summed E-state index contributed by atoms with van der Waals surface area (Å²) in [4.78, 5) is 6.22. The van der Waals surface area contributed by atoms with Crippen molar-refractivity contribution in [3.05, 3.63) is 47.5 Å². The Balaban J connectivity index is 2.06. The second kappa shape index (κ2) is 6.14. The van der Waals surface area contributed by atoms with Crippen molar-refractivity contribution in [2.24, 2.45) is 7.05 Å². The molecule has 0 fully saturated rings. The molecular formula is C16H10F5N5O2S. The summed E-state index contributed by atoms with van der Waals surface area (Å²) in [5.74, 6) is -11.7. The van der Waals surface area contributed by atoms with E-state index in [1.807, 2.05) is 0 Å². The molecule has 7 nitrogen and oxygen atoms in total. The number of hydrogen-bond acceptors (Lipinski definition) is 5. The summed E-state index contributed by atoms with van der Waals surface area (Å²) in [5.41, 5.74) is 0.577. The van der Waals surface area contributed by atoms with Crippen molar-refractivity contribution in [2.75, 3.05) is 12.4 Å². The smallest absolute Gasteiger partial charge is 0.275 e. The molecule has 0 aliphatic rings. The SMILES string of the molecule is CNc1nc2cnc3c(ccn3S(=O)(=O)c3c(F)c(F)c(F)c(F)c3F)c2n1C. The third-order valence-corrected chi connectivity index (χ3v) is 6.11. The molecule has 152 valence electrons. The van der Waals surface area contributed by atoms with Gasteiger partial charge in [0.1, 0.15) is 5.52 Å². The first-order chi connectivity index (χ1) is 13.6. The fourth-order valence-electron chi connectivity index (χ4n) is 3.10. The van der Waals surface area contributed by atoms with Crippen LogP contribution in [0.25, 0.3) is 22.1 Å². The molecule has 0 saturated carbocycles. The molecule has 0 saturated heterocycles. The molecule has 4 aromatic rings. The van der Waals surface area contributed by atoms with Crippen LogP contribution in [0.4, 0.5) is 27.9 Å². The van der Waals surface area contributed by atoms with E-state index in [0.29, 0.717) is 21.0 Å². The van der Waals surface area contributed by atoms with Crippen LogP contribution in [0.15, 0.2) is 23.4 Å². The standard InChI is InChI=1S/C16H10F5N5O2S/c1-22-16-24-7-5-23-15-6(13(7)25(16)2)3-4-26(15)29(27,28)14-11(20)9(18)8(17)10(19)12(14)21/h3-5H,1-2H3,(H,22,24). The minimum absolute atomic E-state index is 0.242. The summed E-state index contributed by atoms with van der Waals surface area (Å²) in [6, 6.07) is 1.29. The van der Waals surface area contributed by atoms with Gasteiger partial charge in [0.15, 0.2) is 33.8 Å². The fraction of sp³-hybridized carbons (Fsp3) is 0.125. The van der Waals surface area contributed by atoms with Crippen LogP contribution in [0.3, 0.4) is 0 Å². The zero-order chi connectivity index (χ0) is 21.2. The van der Waals surface area contributed by atoms with Crippen LogP contribution >= 0.6 is 0 Å². The number of aromatic nitrogens is 4. The van der Waals surface area contributed by atoms with Gasteiger partial charge in [-0.15, -0.1) is 0 Å². The van der Waals surface area contributed by atoms with E-state index in [1.165, 1.54) is 12.3 Å². The number of aryl methyl sites for hydroxylation is 1. The first-order valence-corrected chi connectivity index (χ1v) is 9.32. The zero-order valence-electron chi connectivity index (χ0n) is 14.6. The van der Waals surface area contributed by atoms with Crippen LogP contribution in [-0.2, 0) is 17.1 Å². The Bertz CT molecular complexity index is 1400. The largest absolute Gasteiger partial charge is 0.359 e. The van der Waals surface area contributed by atoms with Crippen molar-refractivity contribution < 1.29 is 30.4 Å². The topological polar surface area (TPSA) is 81.8 Å². The Labute approximate surface area is 159 Å². The Hall–Kier alpha value is -3.22. The molecule has 1 N–H and O–H groups in total. The molecule has 0 aliphatic heterocycles. The number of anilines is 1. The van der Waals surface area contributed by atoms with E-state index in [0.717, 1.165) is 6.20 Å². The Morgan fingerprint density at radius 1 is 1.00 bits per heavy atom. The predicted molar refractivity (Wildman–Crippen MR) is 92.4 cm³/mol. The van der Waals surface area contributed by atoms with Crippen molar-refractivity contribution >= 4 is 38.0 Å². The highest BCUT2D eigenvalue weighted by Gasteiger charge is 2.35. The Morgan fingerprint density at radius 2 is 1.59 bits per heavy atom. The predicted octanol–water partition coefficient (Wildman–Crippen LogP) is 2.90. The average Bonchev–Trinajstić information content (AvgIpc) is 3.26. The third kappa shape index (κ3) is 2.43. The Morgan fingerprint density at radius 3 is 2.17 bits per heavy atom. The summed E-state index contributed by atoms with van der Waals surface area (Å²) in [6.07, 6.45) is 2.14. The molecule has 0 aliphatic carbocycles. The molecule has 0 bridgehead atoms. The van der Waals surface area contributed by atoms with Gasteiger partial charge in [-0.2, -0.15) is 0 Å². The molecule has 4 rings (SSSR count). The van der Waals surface area contributed by atoms with E-state index in [-0.39, 0.29) is 11.0 Å². The number of hydrogen-bond donors (Lipinski definition) is 1. The van der Waals surface area contributed by atoms with E-state index in [9.17, 15) is 30.4 Å². The first kappa shape index (κ1) is 19.1. The summed E-state index contributed by atoms with van der Waals surface area (Å²) in [7, 11) is -1.96. The molecule has 29 heavy (non-hydrogen) atoms. The molecule has 0 amide bonds. The van der Waals surface area contributed by atoms with Gasteiger partial charge in [-0.1, -0.05) is 0 Å². The first-order valence-electron chi connectivity index (χ1n) is 7.88. The van der Waals surface area contributed by atoms with E-state index in [2.05, 4.69) is 15.3 Å². The lowest BCUT2D eigenvalue weighted by Crippen LogP contribution is -2.19. The molecule has 3 heterocycles. The van der Waals surface area contributed by atoms with Gasteiger partial charge in [-0.25, -0.2) is 44.3 Å². The van der Waals surface area contributed by atoms with Gasteiger partial charge in [0.05, 0.1) is 11.7 Å². The van der Waals surface area contributed by atoms with E-state index in [4.69, 9.17) is 0 Å². The number of imidazole rings is 1. The maximum absolute atomic E-state index is 14.1. The minimum atomic E-state index is -5.21. The lowest BCUT2D eigenvalue weighted by atomic mass is 10.3. The van der Waals surface area contributed by atoms with Crippen molar-refractivity contribution in [1.29, 1.82) is 0 Å². The summed E-state index contributed by atoms with van der Waals surface area (Å²) in [6.45, 7) is 0. The monoisotopic (exact) mass is 431 g/mol. The van der Waals surface area contributed by atoms with Crippen LogP contribution < -0.4 is 5.32 Å². The van der Waals surface area contributed by atoms with E-state index >= 15 is 0 Å². The Kier molecular flexibility index (Phi) is 4.05. The lowest BCUT2D eigenvalue weighted by Gasteiger charge is -2.11. The van der Waals surface area contributed by atoms with Gasteiger partial charge in [0.25, 0.3) is 10.0 Å². The molecular weight excluding hydrogens is 421 g/mol. The zero-order valence-corrected chi connectivity index (χ0v) is 15.5. The second-order valence-corrected chi connectivity index (χ2v) is 7.74. The van der Waals surface area contributed by atoms with Crippen LogP contribution in [0.1, 0.15) is 0 Å². The summed E-state index contributed by atoms with van der Waals surface area (Å²) < 4.78 is 96.1. The maximum Gasteiger partial charge on any atom is 0.275 e. The second-order valence-electron chi connectivity index (χ2n) is 5.99. The molecule has 3 aromatic heterocycles. The van der Waals surface area contributed by atoms with Crippen LogP contribution in [0.2, 0.25) is 0 Å². The molecule has 0 atom stereocenters. The summed E-state index contributed by atoms with van der Waals surface area (Å²) in [5, 5.41) is 3.07. The van der Waals surface area contributed by atoms with Crippen molar-refractivity contribution in [2.45, 2.75) is 4.90 Å². The highest BCUT2D eigenvalue weighted by atomic mass is 32.2. The normalized spacial score (nSPS) is 12.2. The van der Waals surface area contributed by atoms with Gasteiger partial charge < -0.3 is 9.88 Å². The number of nitrogens with one attached hydrogen (secondary N) is 1. The molecule has 0 unspecified atom stereocenters. The van der Waals surface area contributed by atoms with Gasteiger partial charge in [-0.05, 0) is 6.07 Å². The molecule has 0 radical (unpaired) electrons. The van der Waals surface area contributed by atoms with Crippen LogP contribution in [-0.4, -0.2) is 34.0 Å². The number of benzene rings is 1. The minimum Gasteiger partial charge on any atom is -0.359 e. The van der Waals surface area contributed by atoms with Crippen molar-refractivity contribution in [3.8, 4) is 0 Å². The maximum atomic E-state index is 14.1. The molecule has 13 heteroatoms. The quantitative estimate of drug-likeness (QED) is 0.307. The van der Waals surface area contributed by atoms with Crippen LogP contribution in [0, 0.1) is 29.1 Å². The summed E-state index contributed by atoms with van der Waals surface area (Å²) >= 11 is 0. The molecule has 1 aromatic carbocycles. The highest BCUT2D eigenvalue weighted by Crippen LogP contribution is 2.32.